The second-order valence-corrected chi connectivity index (χ2v) is 7.24. The first kappa shape index (κ1) is 17.8. The molecule has 5 nitrogen and oxygen atoms in total. The Hall–Kier alpha value is -2.04. The van der Waals surface area contributed by atoms with Crippen LogP contribution in [0.4, 0.5) is 5.69 Å². The molecule has 2 fully saturated rings. The molecule has 2 N–H and O–H groups in total. The third kappa shape index (κ3) is 4.53. The molecule has 1 heterocycles. The van der Waals surface area contributed by atoms with E-state index >= 15 is 0 Å². The highest BCUT2D eigenvalue weighted by Crippen LogP contribution is 2.26. The van der Waals surface area contributed by atoms with Gasteiger partial charge in [-0.2, -0.15) is 0 Å². The van der Waals surface area contributed by atoms with Gasteiger partial charge in [0.2, 0.25) is 5.91 Å². The molecule has 0 unspecified atom stereocenters. The number of nitrogens with one attached hydrogen (secondary N) is 2. The zero-order valence-electron chi connectivity index (χ0n) is 15.1. The van der Waals surface area contributed by atoms with Crippen molar-refractivity contribution in [3.05, 3.63) is 29.3 Å². The van der Waals surface area contributed by atoms with E-state index in [2.05, 4.69) is 27.7 Å². The summed E-state index contributed by atoms with van der Waals surface area (Å²) in [5.74, 6) is 0.259. The SMILES string of the molecule is Cc1ccc(N2CCCC2)c(C(=O)NCCNC(=O)C2CCCC2)c1. The van der Waals surface area contributed by atoms with Gasteiger partial charge in [-0.3, -0.25) is 9.59 Å². The summed E-state index contributed by atoms with van der Waals surface area (Å²) in [7, 11) is 0. The van der Waals surface area contributed by atoms with Crippen LogP contribution in [-0.4, -0.2) is 38.0 Å². The van der Waals surface area contributed by atoms with E-state index < -0.39 is 0 Å². The first-order chi connectivity index (χ1) is 12.1. The maximum absolute atomic E-state index is 12.6. The van der Waals surface area contributed by atoms with Crippen LogP contribution in [0, 0.1) is 12.8 Å². The van der Waals surface area contributed by atoms with Gasteiger partial charge in [-0.05, 0) is 44.7 Å². The van der Waals surface area contributed by atoms with Crippen LogP contribution in [0.1, 0.15) is 54.4 Å². The van der Waals surface area contributed by atoms with Gasteiger partial charge in [0.15, 0.2) is 0 Å². The van der Waals surface area contributed by atoms with E-state index in [1.54, 1.807) is 0 Å². The Bertz CT molecular complexity index is 617. The Morgan fingerprint density at radius 2 is 1.72 bits per heavy atom. The number of carbonyl (C=O) groups is 2. The zero-order valence-corrected chi connectivity index (χ0v) is 15.1. The molecule has 25 heavy (non-hydrogen) atoms. The van der Waals surface area contributed by atoms with E-state index in [0.717, 1.165) is 55.6 Å². The lowest BCUT2D eigenvalue weighted by Crippen LogP contribution is -2.37. The van der Waals surface area contributed by atoms with Gasteiger partial charge in [0.25, 0.3) is 5.91 Å². The number of hydrogen-bond donors (Lipinski definition) is 2. The predicted octanol–water partition coefficient (Wildman–Crippen LogP) is 2.63. The fraction of sp³-hybridized carbons (Fsp3) is 0.600. The molecule has 0 bridgehead atoms. The molecule has 3 rings (SSSR count). The quantitative estimate of drug-likeness (QED) is 0.781. The second-order valence-electron chi connectivity index (χ2n) is 7.24. The van der Waals surface area contributed by atoms with Gasteiger partial charge in [0.05, 0.1) is 5.56 Å². The average molecular weight is 343 g/mol. The van der Waals surface area contributed by atoms with Crippen molar-refractivity contribution in [3.63, 3.8) is 0 Å². The average Bonchev–Trinajstić information content (AvgIpc) is 3.31. The molecule has 1 saturated heterocycles. The number of aryl methyl sites for hydroxylation is 1. The molecule has 0 radical (unpaired) electrons. The first-order valence-electron chi connectivity index (χ1n) is 9.56. The molecule has 136 valence electrons. The van der Waals surface area contributed by atoms with Crippen molar-refractivity contribution in [2.24, 2.45) is 5.92 Å². The minimum atomic E-state index is -0.0549. The Balaban J connectivity index is 1.52. The molecule has 1 aliphatic heterocycles. The van der Waals surface area contributed by atoms with Gasteiger partial charge in [0.1, 0.15) is 0 Å². The van der Waals surface area contributed by atoms with E-state index in [-0.39, 0.29) is 17.7 Å². The normalized spacial score (nSPS) is 17.7. The summed E-state index contributed by atoms with van der Waals surface area (Å²) in [6.07, 6.45) is 6.68. The van der Waals surface area contributed by atoms with Crippen LogP contribution in [0.15, 0.2) is 18.2 Å². The van der Waals surface area contributed by atoms with Gasteiger partial charge in [-0.1, -0.05) is 24.5 Å². The number of carbonyl (C=O) groups excluding carboxylic acids is 2. The molecular weight excluding hydrogens is 314 g/mol. The largest absolute Gasteiger partial charge is 0.371 e. The summed E-state index contributed by atoms with van der Waals surface area (Å²) in [5.41, 5.74) is 2.85. The number of benzene rings is 1. The summed E-state index contributed by atoms with van der Waals surface area (Å²) >= 11 is 0. The first-order valence-corrected chi connectivity index (χ1v) is 9.56. The van der Waals surface area contributed by atoms with Crippen LogP contribution >= 0.6 is 0 Å². The molecule has 2 amide bonds. The van der Waals surface area contributed by atoms with E-state index in [1.807, 2.05) is 13.0 Å². The van der Waals surface area contributed by atoms with Crippen molar-refractivity contribution in [2.75, 3.05) is 31.1 Å². The van der Waals surface area contributed by atoms with Gasteiger partial charge in [-0.25, -0.2) is 0 Å². The van der Waals surface area contributed by atoms with Crippen LogP contribution in [0.2, 0.25) is 0 Å². The number of hydrogen-bond acceptors (Lipinski definition) is 3. The smallest absolute Gasteiger partial charge is 0.253 e. The van der Waals surface area contributed by atoms with Crippen molar-refractivity contribution in [1.82, 2.24) is 10.6 Å². The predicted molar refractivity (Wildman–Crippen MR) is 99.9 cm³/mol. The lowest BCUT2D eigenvalue weighted by molar-refractivity contribution is -0.124. The number of nitrogens with zero attached hydrogens (tertiary/aromatic N) is 1. The van der Waals surface area contributed by atoms with Crippen molar-refractivity contribution < 1.29 is 9.59 Å². The standard InChI is InChI=1S/C20H29N3O2/c1-15-8-9-18(23-12-4-5-13-23)17(14-15)20(25)22-11-10-21-19(24)16-6-2-3-7-16/h8-9,14,16H,2-7,10-13H2,1H3,(H,21,24)(H,22,25). The van der Waals surface area contributed by atoms with Crippen molar-refractivity contribution >= 4 is 17.5 Å². The van der Waals surface area contributed by atoms with Crippen LogP contribution in [-0.2, 0) is 4.79 Å². The highest BCUT2D eigenvalue weighted by molar-refractivity contribution is 6.00. The number of rotatable bonds is 6. The molecular formula is C20H29N3O2. The van der Waals surface area contributed by atoms with Crippen molar-refractivity contribution in [3.8, 4) is 0 Å². The van der Waals surface area contributed by atoms with E-state index in [0.29, 0.717) is 13.1 Å². The molecule has 0 aromatic heterocycles. The van der Waals surface area contributed by atoms with E-state index in [1.165, 1.54) is 12.8 Å². The second kappa shape index (κ2) is 8.37. The van der Waals surface area contributed by atoms with Crippen LogP contribution in [0.3, 0.4) is 0 Å². The summed E-state index contributed by atoms with van der Waals surface area (Å²) in [6, 6.07) is 6.07. The number of amides is 2. The van der Waals surface area contributed by atoms with Gasteiger partial charge in [0, 0.05) is 37.8 Å². The Morgan fingerprint density at radius 3 is 2.44 bits per heavy atom. The highest BCUT2D eigenvalue weighted by atomic mass is 16.2. The summed E-state index contributed by atoms with van der Waals surface area (Å²) in [4.78, 5) is 26.9. The van der Waals surface area contributed by atoms with Crippen LogP contribution in [0.25, 0.3) is 0 Å². The molecule has 5 heteroatoms. The molecule has 1 aromatic rings. The lowest BCUT2D eigenvalue weighted by atomic mass is 10.1. The fourth-order valence-corrected chi connectivity index (χ4v) is 3.85. The van der Waals surface area contributed by atoms with Gasteiger partial charge < -0.3 is 15.5 Å². The third-order valence-corrected chi connectivity index (χ3v) is 5.28. The summed E-state index contributed by atoms with van der Waals surface area (Å²) < 4.78 is 0. The van der Waals surface area contributed by atoms with Gasteiger partial charge >= 0.3 is 0 Å². The molecule has 1 saturated carbocycles. The number of anilines is 1. The fourth-order valence-electron chi connectivity index (χ4n) is 3.85. The Labute approximate surface area is 150 Å². The van der Waals surface area contributed by atoms with Crippen molar-refractivity contribution in [1.29, 1.82) is 0 Å². The lowest BCUT2D eigenvalue weighted by Gasteiger charge is -2.21. The minimum Gasteiger partial charge on any atom is -0.371 e. The van der Waals surface area contributed by atoms with Crippen LogP contribution in [0.5, 0.6) is 0 Å². The monoisotopic (exact) mass is 343 g/mol. The van der Waals surface area contributed by atoms with Crippen LogP contribution < -0.4 is 15.5 Å². The topological polar surface area (TPSA) is 61.4 Å². The molecule has 0 spiro atoms. The molecule has 1 aliphatic carbocycles. The minimum absolute atomic E-state index is 0.0549. The third-order valence-electron chi connectivity index (χ3n) is 5.28. The maximum Gasteiger partial charge on any atom is 0.253 e. The van der Waals surface area contributed by atoms with E-state index in [4.69, 9.17) is 0 Å². The van der Waals surface area contributed by atoms with E-state index in [9.17, 15) is 9.59 Å². The molecule has 0 atom stereocenters. The molecule has 1 aromatic carbocycles. The summed E-state index contributed by atoms with van der Waals surface area (Å²) in [6.45, 7) is 4.99. The Kier molecular flexibility index (Phi) is 5.95. The molecule has 2 aliphatic rings. The Morgan fingerprint density at radius 1 is 1.04 bits per heavy atom. The zero-order chi connectivity index (χ0) is 17.6. The highest BCUT2D eigenvalue weighted by Gasteiger charge is 2.22. The maximum atomic E-state index is 12.6. The summed E-state index contributed by atoms with van der Waals surface area (Å²) in [5, 5.41) is 5.90. The van der Waals surface area contributed by atoms with Crippen molar-refractivity contribution in [2.45, 2.75) is 45.4 Å². The van der Waals surface area contributed by atoms with Gasteiger partial charge in [-0.15, -0.1) is 0 Å².